The predicted molar refractivity (Wildman–Crippen MR) is 75.7 cm³/mol. The minimum Gasteiger partial charge on any atom is -0.378 e. The molecule has 1 aromatic heterocycles. The minimum absolute atomic E-state index is 0.0152. The molecule has 0 aliphatic rings. The fourth-order valence-electron chi connectivity index (χ4n) is 1.66. The zero-order chi connectivity index (χ0) is 15.6. The molecule has 0 fully saturated rings. The first kappa shape index (κ1) is 16.0. The number of rotatable bonds is 3. The second-order valence-electron chi connectivity index (χ2n) is 4.19. The van der Waals surface area contributed by atoms with E-state index in [1.807, 2.05) is 0 Å². The molecule has 0 saturated heterocycles. The first-order valence-electron chi connectivity index (χ1n) is 5.67. The molecular weight excluding hydrogens is 376 g/mol. The Hall–Kier alpha value is -1.34. The van der Waals surface area contributed by atoms with Gasteiger partial charge in [0.15, 0.2) is 5.15 Å². The number of anilines is 1. The summed E-state index contributed by atoms with van der Waals surface area (Å²) in [5, 5.41) is 2.99. The van der Waals surface area contributed by atoms with E-state index in [0.717, 1.165) is 12.1 Å². The van der Waals surface area contributed by atoms with Crippen molar-refractivity contribution >= 4 is 33.2 Å². The van der Waals surface area contributed by atoms with E-state index in [-0.39, 0.29) is 17.3 Å². The van der Waals surface area contributed by atoms with Gasteiger partial charge in [0.05, 0.1) is 11.3 Å². The Morgan fingerprint density at radius 3 is 2.57 bits per heavy atom. The first-order valence-corrected chi connectivity index (χ1v) is 6.84. The summed E-state index contributed by atoms with van der Waals surface area (Å²) in [5.74, 6) is -0.944. The number of hydrogen-bond acceptors (Lipinski definition) is 2. The van der Waals surface area contributed by atoms with Gasteiger partial charge in [-0.15, -0.1) is 0 Å². The van der Waals surface area contributed by atoms with Crippen LogP contribution >= 0.6 is 27.5 Å². The van der Waals surface area contributed by atoms with E-state index >= 15 is 0 Å². The van der Waals surface area contributed by atoms with E-state index in [0.29, 0.717) is 16.2 Å². The largest absolute Gasteiger partial charge is 0.416 e. The Kier molecular flexibility index (Phi) is 4.73. The molecule has 1 N–H and O–H groups in total. The van der Waals surface area contributed by atoms with Crippen LogP contribution in [0.25, 0.3) is 0 Å². The van der Waals surface area contributed by atoms with Crippen LogP contribution in [-0.2, 0) is 12.7 Å². The van der Waals surface area contributed by atoms with Gasteiger partial charge in [0.1, 0.15) is 5.82 Å². The van der Waals surface area contributed by atoms with Gasteiger partial charge in [-0.05, 0) is 45.8 Å². The average molecular weight is 384 g/mol. The molecule has 0 bridgehead atoms. The highest BCUT2D eigenvalue weighted by molar-refractivity contribution is 9.10. The van der Waals surface area contributed by atoms with Crippen LogP contribution in [0.15, 0.2) is 34.9 Å². The van der Waals surface area contributed by atoms with Crippen molar-refractivity contribution in [3.8, 4) is 0 Å². The molecule has 0 aliphatic carbocycles. The SMILES string of the molecule is Fc1cc(CNc2cc(Br)cnc2Cl)cc(C(F)(F)F)c1. The molecule has 8 heteroatoms. The van der Waals surface area contributed by atoms with Crippen molar-refractivity contribution in [1.29, 1.82) is 0 Å². The lowest BCUT2D eigenvalue weighted by Gasteiger charge is -2.11. The number of benzene rings is 1. The number of nitrogens with zero attached hydrogens (tertiary/aromatic N) is 1. The molecule has 112 valence electrons. The van der Waals surface area contributed by atoms with Crippen molar-refractivity contribution in [1.82, 2.24) is 4.98 Å². The van der Waals surface area contributed by atoms with Crippen LogP contribution in [-0.4, -0.2) is 4.98 Å². The van der Waals surface area contributed by atoms with Crippen LogP contribution in [0.1, 0.15) is 11.1 Å². The van der Waals surface area contributed by atoms with Gasteiger partial charge < -0.3 is 5.32 Å². The number of aromatic nitrogens is 1. The Bertz CT molecular complexity index is 661. The molecule has 0 aliphatic heterocycles. The fraction of sp³-hybridized carbons (Fsp3) is 0.154. The Labute approximate surface area is 131 Å². The van der Waals surface area contributed by atoms with E-state index in [1.54, 1.807) is 6.07 Å². The maximum atomic E-state index is 13.3. The monoisotopic (exact) mass is 382 g/mol. The first-order chi connectivity index (χ1) is 9.75. The average Bonchev–Trinajstić information content (AvgIpc) is 2.38. The standard InChI is InChI=1S/C13H8BrClF4N2/c14-9-4-11(12(15)21-6-9)20-5-7-1-8(13(17,18)19)3-10(16)2-7/h1-4,6,20H,5H2. The summed E-state index contributed by atoms with van der Waals surface area (Å²) in [7, 11) is 0. The Morgan fingerprint density at radius 2 is 1.90 bits per heavy atom. The topological polar surface area (TPSA) is 24.9 Å². The van der Waals surface area contributed by atoms with E-state index in [1.165, 1.54) is 6.20 Å². The molecule has 0 saturated carbocycles. The van der Waals surface area contributed by atoms with Crippen molar-refractivity contribution in [2.24, 2.45) is 0 Å². The molecule has 21 heavy (non-hydrogen) atoms. The highest BCUT2D eigenvalue weighted by Crippen LogP contribution is 2.31. The molecule has 0 unspecified atom stereocenters. The molecule has 0 atom stereocenters. The van der Waals surface area contributed by atoms with Gasteiger partial charge in [0, 0.05) is 17.2 Å². The summed E-state index contributed by atoms with van der Waals surface area (Å²) < 4.78 is 51.7. The number of pyridine rings is 1. The molecule has 2 rings (SSSR count). The van der Waals surface area contributed by atoms with Crippen molar-refractivity contribution in [2.75, 3.05) is 5.32 Å². The number of hydrogen-bond donors (Lipinski definition) is 1. The Morgan fingerprint density at radius 1 is 1.19 bits per heavy atom. The molecular formula is C13H8BrClF4N2. The smallest absolute Gasteiger partial charge is 0.378 e. The van der Waals surface area contributed by atoms with Crippen molar-refractivity contribution in [3.05, 3.63) is 57.0 Å². The highest BCUT2D eigenvalue weighted by atomic mass is 79.9. The molecule has 2 nitrogen and oxygen atoms in total. The number of halogens is 6. The van der Waals surface area contributed by atoms with Gasteiger partial charge in [-0.25, -0.2) is 9.37 Å². The maximum Gasteiger partial charge on any atom is 0.416 e. The van der Waals surface area contributed by atoms with Crippen molar-refractivity contribution < 1.29 is 17.6 Å². The molecule has 0 amide bonds. The van der Waals surface area contributed by atoms with Crippen LogP contribution in [0.4, 0.5) is 23.2 Å². The van der Waals surface area contributed by atoms with Crippen LogP contribution < -0.4 is 5.32 Å². The molecule has 0 radical (unpaired) electrons. The summed E-state index contributed by atoms with van der Waals surface area (Å²) in [6.45, 7) is -0.0152. The summed E-state index contributed by atoms with van der Waals surface area (Å²) in [6.07, 6.45) is -3.11. The van der Waals surface area contributed by atoms with E-state index in [4.69, 9.17) is 11.6 Å². The lowest BCUT2D eigenvalue weighted by molar-refractivity contribution is -0.137. The molecule has 2 aromatic rings. The third-order valence-corrected chi connectivity index (χ3v) is 3.31. The summed E-state index contributed by atoms with van der Waals surface area (Å²) in [6, 6.07) is 3.99. The van der Waals surface area contributed by atoms with Crippen LogP contribution in [0.2, 0.25) is 5.15 Å². The zero-order valence-electron chi connectivity index (χ0n) is 10.3. The zero-order valence-corrected chi connectivity index (χ0v) is 12.7. The van der Waals surface area contributed by atoms with Crippen LogP contribution in [0.5, 0.6) is 0 Å². The summed E-state index contributed by atoms with van der Waals surface area (Å²) in [5.41, 5.74) is -0.444. The van der Waals surface area contributed by atoms with Crippen LogP contribution in [0, 0.1) is 5.82 Å². The van der Waals surface area contributed by atoms with Crippen molar-refractivity contribution in [3.63, 3.8) is 0 Å². The quantitative estimate of drug-likeness (QED) is 0.577. The van der Waals surface area contributed by atoms with E-state index < -0.39 is 17.6 Å². The number of alkyl halides is 3. The second kappa shape index (κ2) is 6.19. The van der Waals surface area contributed by atoms with E-state index in [9.17, 15) is 17.6 Å². The van der Waals surface area contributed by atoms with E-state index in [2.05, 4.69) is 26.2 Å². The van der Waals surface area contributed by atoms with Gasteiger partial charge >= 0.3 is 6.18 Å². The van der Waals surface area contributed by atoms with Gasteiger partial charge in [-0.2, -0.15) is 13.2 Å². The number of nitrogens with one attached hydrogen (secondary N) is 1. The second-order valence-corrected chi connectivity index (χ2v) is 5.47. The fourth-order valence-corrected chi connectivity index (χ4v) is 2.16. The van der Waals surface area contributed by atoms with Gasteiger partial charge in [-0.3, -0.25) is 0 Å². The van der Waals surface area contributed by atoms with Gasteiger partial charge in [0.2, 0.25) is 0 Å². The Balaban J connectivity index is 2.20. The van der Waals surface area contributed by atoms with Gasteiger partial charge in [0.25, 0.3) is 0 Å². The van der Waals surface area contributed by atoms with Crippen molar-refractivity contribution in [2.45, 2.75) is 12.7 Å². The third kappa shape index (κ3) is 4.31. The highest BCUT2D eigenvalue weighted by Gasteiger charge is 2.31. The predicted octanol–water partition coefficient (Wildman–Crippen LogP) is 5.27. The lowest BCUT2D eigenvalue weighted by Crippen LogP contribution is -2.08. The molecule has 1 aromatic carbocycles. The third-order valence-electron chi connectivity index (χ3n) is 2.57. The summed E-state index contributed by atoms with van der Waals surface area (Å²) in [4.78, 5) is 3.87. The maximum absolute atomic E-state index is 13.3. The molecule has 1 heterocycles. The summed E-state index contributed by atoms with van der Waals surface area (Å²) >= 11 is 9.05. The van der Waals surface area contributed by atoms with Gasteiger partial charge in [-0.1, -0.05) is 11.6 Å². The minimum atomic E-state index is -4.59. The lowest BCUT2D eigenvalue weighted by atomic mass is 10.1. The molecule has 0 spiro atoms. The van der Waals surface area contributed by atoms with Crippen LogP contribution in [0.3, 0.4) is 0 Å². The normalized spacial score (nSPS) is 11.5.